The van der Waals surface area contributed by atoms with Gasteiger partial charge >= 0.3 is 0 Å². The highest BCUT2D eigenvalue weighted by atomic mass is 32.2. The summed E-state index contributed by atoms with van der Waals surface area (Å²) in [5.41, 5.74) is 1.05. The molecular weight excluding hydrogens is 444 g/mol. The lowest BCUT2D eigenvalue weighted by Gasteiger charge is -2.14. The summed E-state index contributed by atoms with van der Waals surface area (Å²) in [6.45, 7) is 4.49. The molecule has 0 radical (unpaired) electrons. The number of amides is 2. The largest absolute Gasteiger partial charge is 0.349 e. The minimum absolute atomic E-state index is 0.0974. The van der Waals surface area contributed by atoms with Crippen molar-refractivity contribution in [3.8, 4) is 0 Å². The van der Waals surface area contributed by atoms with Crippen LogP contribution in [-0.4, -0.2) is 37.3 Å². The highest BCUT2D eigenvalue weighted by Crippen LogP contribution is 2.18. The molecular formula is C22H24N6O4S. The van der Waals surface area contributed by atoms with Crippen LogP contribution in [0, 0.1) is 10.1 Å². The molecule has 0 saturated carbocycles. The Bertz CT molecular complexity index is 1130. The van der Waals surface area contributed by atoms with Crippen molar-refractivity contribution in [2.75, 3.05) is 5.75 Å². The lowest BCUT2D eigenvalue weighted by Crippen LogP contribution is -2.28. The van der Waals surface area contributed by atoms with Crippen LogP contribution >= 0.6 is 11.8 Å². The number of nitro groups is 1. The van der Waals surface area contributed by atoms with Crippen molar-refractivity contribution in [1.82, 2.24) is 25.4 Å². The number of nitrogens with one attached hydrogen (secondary N) is 2. The SMILES string of the molecule is CCn1c(CNC(=O)c2cccc([N+](=O)[O-])c2)nnc1SCC(=O)N[C@@H](C)c1ccccc1. The third-order valence-electron chi connectivity index (χ3n) is 4.85. The van der Waals surface area contributed by atoms with E-state index in [1.165, 1.54) is 36.0 Å². The second kappa shape index (κ2) is 11.2. The molecule has 0 fully saturated rings. The number of rotatable bonds is 10. The molecule has 0 unspecified atom stereocenters. The first-order valence-corrected chi connectivity index (χ1v) is 11.3. The predicted molar refractivity (Wildman–Crippen MR) is 124 cm³/mol. The van der Waals surface area contributed by atoms with Crippen molar-refractivity contribution in [2.45, 2.75) is 38.1 Å². The molecule has 172 valence electrons. The van der Waals surface area contributed by atoms with Gasteiger partial charge in [-0.1, -0.05) is 48.2 Å². The Morgan fingerprint density at radius 3 is 2.61 bits per heavy atom. The Morgan fingerprint density at radius 2 is 1.91 bits per heavy atom. The zero-order valence-corrected chi connectivity index (χ0v) is 19.0. The minimum atomic E-state index is -0.551. The molecule has 33 heavy (non-hydrogen) atoms. The molecule has 3 aromatic rings. The van der Waals surface area contributed by atoms with Gasteiger partial charge in [0.2, 0.25) is 5.91 Å². The Labute approximate surface area is 194 Å². The molecule has 0 spiro atoms. The van der Waals surface area contributed by atoms with Gasteiger partial charge in [-0.3, -0.25) is 19.7 Å². The molecule has 2 amide bonds. The van der Waals surface area contributed by atoms with Crippen LogP contribution in [0.4, 0.5) is 5.69 Å². The molecule has 11 heteroatoms. The molecule has 2 aromatic carbocycles. The fourth-order valence-electron chi connectivity index (χ4n) is 3.13. The molecule has 1 atom stereocenters. The lowest BCUT2D eigenvalue weighted by molar-refractivity contribution is -0.384. The van der Waals surface area contributed by atoms with Gasteiger partial charge in [0.25, 0.3) is 11.6 Å². The van der Waals surface area contributed by atoms with Crippen LogP contribution in [0.1, 0.15) is 41.6 Å². The first-order chi connectivity index (χ1) is 15.9. The molecule has 10 nitrogen and oxygen atoms in total. The normalized spacial score (nSPS) is 11.6. The number of hydrogen-bond donors (Lipinski definition) is 2. The van der Waals surface area contributed by atoms with Crippen LogP contribution in [0.2, 0.25) is 0 Å². The fraction of sp³-hybridized carbons (Fsp3) is 0.273. The number of carbonyl (C=O) groups is 2. The second-order valence-electron chi connectivity index (χ2n) is 7.12. The molecule has 3 rings (SSSR count). The Morgan fingerprint density at radius 1 is 1.15 bits per heavy atom. The van der Waals surface area contributed by atoms with Crippen molar-refractivity contribution in [3.05, 3.63) is 81.7 Å². The summed E-state index contributed by atoms with van der Waals surface area (Å²) in [6.07, 6.45) is 0. The maximum Gasteiger partial charge on any atom is 0.270 e. The fourth-order valence-corrected chi connectivity index (χ4v) is 3.97. The smallest absolute Gasteiger partial charge is 0.270 e. The van der Waals surface area contributed by atoms with Gasteiger partial charge in [-0.15, -0.1) is 10.2 Å². The summed E-state index contributed by atoms with van der Waals surface area (Å²) in [7, 11) is 0. The van der Waals surface area contributed by atoms with Crippen molar-refractivity contribution >= 4 is 29.3 Å². The van der Waals surface area contributed by atoms with E-state index in [-0.39, 0.29) is 35.5 Å². The summed E-state index contributed by atoms with van der Waals surface area (Å²) in [5.74, 6) is 0.127. The van der Waals surface area contributed by atoms with Gasteiger partial charge < -0.3 is 15.2 Å². The van der Waals surface area contributed by atoms with Crippen molar-refractivity contribution < 1.29 is 14.5 Å². The monoisotopic (exact) mass is 468 g/mol. The summed E-state index contributed by atoms with van der Waals surface area (Å²) in [4.78, 5) is 35.1. The van der Waals surface area contributed by atoms with E-state index < -0.39 is 10.8 Å². The summed E-state index contributed by atoms with van der Waals surface area (Å²) >= 11 is 1.26. The van der Waals surface area contributed by atoms with E-state index in [9.17, 15) is 19.7 Å². The first kappa shape index (κ1) is 23.9. The third-order valence-corrected chi connectivity index (χ3v) is 5.81. The molecule has 2 N–H and O–H groups in total. The van der Waals surface area contributed by atoms with E-state index in [2.05, 4.69) is 20.8 Å². The van der Waals surface area contributed by atoms with Gasteiger partial charge in [0.05, 0.1) is 23.3 Å². The lowest BCUT2D eigenvalue weighted by atomic mass is 10.1. The molecule has 1 aromatic heterocycles. The summed E-state index contributed by atoms with van der Waals surface area (Å²) in [6, 6.07) is 15.1. The molecule has 0 bridgehead atoms. The van der Waals surface area contributed by atoms with Crippen LogP contribution in [0.25, 0.3) is 0 Å². The average Bonchev–Trinajstić information content (AvgIpc) is 3.23. The number of hydrogen-bond acceptors (Lipinski definition) is 7. The second-order valence-corrected chi connectivity index (χ2v) is 8.06. The number of nitro benzene ring substituents is 1. The van der Waals surface area contributed by atoms with Crippen molar-refractivity contribution in [2.24, 2.45) is 0 Å². The van der Waals surface area contributed by atoms with Crippen LogP contribution in [-0.2, 0) is 17.9 Å². The molecule has 1 heterocycles. The zero-order chi connectivity index (χ0) is 23.8. The zero-order valence-electron chi connectivity index (χ0n) is 18.2. The number of aromatic nitrogens is 3. The maximum atomic E-state index is 12.4. The molecule has 0 aliphatic carbocycles. The van der Waals surface area contributed by atoms with E-state index in [0.29, 0.717) is 17.5 Å². The van der Waals surface area contributed by atoms with E-state index in [0.717, 1.165) is 5.56 Å². The third kappa shape index (κ3) is 6.39. The number of non-ortho nitro benzene ring substituents is 1. The first-order valence-electron chi connectivity index (χ1n) is 10.3. The Kier molecular flexibility index (Phi) is 8.14. The Balaban J connectivity index is 1.56. The average molecular weight is 469 g/mol. The highest BCUT2D eigenvalue weighted by Gasteiger charge is 2.16. The van der Waals surface area contributed by atoms with Gasteiger partial charge in [-0.05, 0) is 25.5 Å². The standard InChI is InChI=1S/C22H24N6O4S/c1-3-27-19(13-23-21(30)17-10-7-11-18(12-17)28(31)32)25-26-22(27)33-14-20(29)24-15(2)16-8-5-4-6-9-16/h4-12,15H,3,13-14H2,1-2H3,(H,23,30)(H,24,29)/t15-/m0/s1. The van der Waals surface area contributed by atoms with Crippen molar-refractivity contribution in [3.63, 3.8) is 0 Å². The number of thioether (sulfide) groups is 1. The Hall–Kier alpha value is -3.73. The van der Waals surface area contributed by atoms with Gasteiger partial charge in [-0.2, -0.15) is 0 Å². The number of nitrogens with zero attached hydrogens (tertiary/aromatic N) is 4. The van der Waals surface area contributed by atoms with Gasteiger partial charge in [0, 0.05) is 24.2 Å². The van der Waals surface area contributed by atoms with E-state index in [1.807, 2.05) is 48.7 Å². The van der Waals surface area contributed by atoms with Gasteiger partial charge in [0.1, 0.15) is 0 Å². The van der Waals surface area contributed by atoms with Crippen molar-refractivity contribution in [1.29, 1.82) is 0 Å². The number of benzene rings is 2. The van der Waals surface area contributed by atoms with E-state index in [4.69, 9.17) is 0 Å². The molecule has 0 saturated heterocycles. The van der Waals surface area contributed by atoms with Crippen LogP contribution in [0.3, 0.4) is 0 Å². The minimum Gasteiger partial charge on any atom is -0.349 e. The quantitative estimate of drug-likeness (QED) is 0.265. The predicted octanol–water partition coefficient (Wildman–Crippen LogP) is 3.11. The van der Waals surface area contributed by atoms with E-state index >= 15 is 0 Å². The van der Waals surface area contributed by atoms with Crippen LogP contribution in [0.5, 0.6) is 0 Å². The summed E-state index contributed by atoms with van der Waals surface area (Å²) < 4.78 is 1.81. The maximum absolute atomic E-state index is 12.4. The van der Waals surface area contributed by atoms with Gasteiger partial charge in [0.15, 0.2) is 11.0 Å². The highest BCUT2D eigenvalue weighted by molar-refractivity contribution is 7.99. The number of carbonyl (C=O) groups excluding carboxylic acids is 2. The van der Waals surface area contributed by atoms with E-state index in [1.54, 1.807) is 0 Å². The topological polar surface area (TPSA) is 132 Å². The van der Waals surface area contributed by atoms with Crippen LogP contribution in [0.15, 0.2) is 59.8 Å². The van der Waals surface area contributed by atoms with Crippen LogP contribution < -0.4 is 10.6 Å². The summed E-state index contributed by atoms with van der Waals surface area (Å²) in [5, 5.41) is 25.4. The molecule has 0 aliphatic heterocycles. The molecule has 0 aliphatic rings. The van der Waals surface area contributed by atoms with Gasteiger partial charge in [-0.25, -0.2) is 0 Å².